The second-order valence-corrected chi connectivity index (χ2v) is 6.89. The summed E-state index contributed by atoms with van der Waals surface area (Å²) in [5, 5.41) is 10.7. The molecule has 1 aliphatic carbocycles. The molecule has 1 aliphatic rings. The highest BCUT2D eigenvalue weighted by Gasteiger charge is 2.27. The van der Waals surface area contributed by atoms with E-state index in [-0.39, 0.29) is 24.6 Å². The third-order valence-electron chi connectivity index (χ3n) is 4.90. The van der Waals surface area contributed by atoms with Gasteiger partial charge in [-0.25, -0.2) is 10.8 Å². The van der Waals surface area contributed by atoms with Crippen molar-refractivity contribution in [1.82, 2.24) is 9.99 Å². The third-order valence-corrected chi connectivity index (χ3v) is 4.90. The molecule has 2 unspecified atom stereocenters. The maximum Gasteiger partial charge on any atom is 0.308 e. The van der Waals surface area contributed by atoms with E-state index in [0.717, 1.165) is 25.7 Å². The van der Waals surface area contributed by atoms with Crippen LogP contribution in [-0.2, 0) is 9.53 Å². The monoisotopic (exact) mass is 378 g/mol. The molecule has 0 saturated heterocycles. The zero-order valence-corrected chi connectivity index (χ0v) is 16.3. The zero-order chi connectivity index (χ0) is 20.0. The van der Waals surface area contributed by atoms with Gasteiger partial charge in [0.15, 0.2) is 0 Å². The van der Waals surface area contributed by atoms with Crippen molar-refractivity contribution < 1.29 is 19.4 Å². The smallest absolute Gasteiger partial charge is 0.308 e. The van der Waals surface area contributed by atoms with Crippen molar-refractivity contribution in [2.75, 3.05) is 20.8 Å². The fourth-order valence-corrected chi connectivity index (χ4v) is 3.34. The van der Waals surface area contributed by atoms with Crippen LogP contribution in [0.5, 0.6) is 5.75 Å². The van der Waals surface area contributed by atoms with E-state index < -0.39 is 0 Å². The number of esters is 1. The summed E-state index contributed by atoms with van der Waals surface area (Å²) in [5.74, 6) is 6.05. The molecule has 1 fully saturated rings. The average Bonchev–Trinajstić information content (AvgIpc) is 2.88. The van der Waals surface area contributed by atoms with Gasteiger partial charge in [-0.15, -0.1) is 0 Å². The Kier molecular flexibility index (Phi) is 7.44. The van der Waals surface area contributed by atoms with Crippen LogP contribution in [0.4, 0.5) is 0 Å². The highest BCUT2D eigenvalue weighted by Crippen LogP contribution is 2.29. The Balaban J connectivity index is 2.17. The number of aryl methyl sites for hydroxylation is 1. The van der Waals surface area contributed by atoms with Crippen molar-refractivity contribution in [2.24, 2.45) is 17.5 Å². The second-order valence-electron chi connectivity index (χ2n) is 6.89. The molecule has 1 aromatic heterocycles. The first-order valence-corrected chi connectivity index (χ1v) is 9.17. The highest BCUT2D eigenvalue weighted by atomic mass is 16.5. The van der Waals surface area contributed by atoms with Gasteiger partial charge >= 0.3 is 5.97 Å². The Morgan fingerprint density at radius 2 is 2.07 bits per heavy atom. The van der Waals surface area contributed by atoms with Crippen molar-refractivity contribution in [3.05, 3.63) is 29.2 Å². The van der Waals surface area contributed by atoms with Gasteiger partial charge in [-0.1, -0.05) is 6.42 Å². The van der Waals surface area contributed by atoms with Crippen LogP contribution in [0.3, 0.4) is 0 Å². The zero-order valence-electron chi connectivity index (χ0n) is 16.3. The van der Waals surface area contributed by atoms with E-state index in [1.54, 1.807) is 13.1 Å². The first-order chi connectivity index (χ1) is 12.9. The van der Waals surface area contributed by atoms with E-state index in [1.165, 1.54) is 12.1 Å². The number of hydrazine groups is 1. The van der Waals surface area contributed by atoms with E-state index in [4.69, 9.17) is 21.1 Å². The summed E-state index contributed by atoms with van der Waals surface area (Å²) in [6.07, 6.45) is 4.32. The van der Waals surface area contributed by atoms with E-state index in [0.29, 0.717) is 35.0 Å². The lowest BCUT2D eigenvalue weighted by atomic mass is 9.99. The first-order valence-electron chi connectivity index (χ1n) is 9.17. The van der Waals surface area contributed by atoms with Crippen molar-refractivity contribution in [3.63, 3.8) is 0 Å². The van der Waals surface area contributed by atoms with E-state index in [2.05, 4.69) is 4.98 Å². The molecule has 2 rings (SSSR count). The number of hydrogen-bond acceptors (Lipinski definition) is 8. The molecule has 1 heterocycles. The summed E-state index contributed by atoms with van der Waals surface area (Å²) < 4.78 is 11.0. The number of hydrogen-bond donors (Lipinski definition) is 3. The van der Waals surface area contributed by atoms with Crippen molar-refractivity contribution in [2.45, 2.75) is 45.1 Å². The van der Waals surface area contributed by atoms with Crippen molar-refractivity contribution >= 4 is 11.7 Å². The number of ether oxygens (including phenoxy) is 2. The standard InChI is InChI=1S/C19H30N4O4/c1-12-17(9-8-15(22-12)18(20)16(11-24)23(2)21)27-14-7-5-4-6-13(10-14)19(25)26-3/h8-9,13-14,24H,4-7,10-11,20-21H2,1-3H3/b18-16-. The Morgan fingerprint density at radius 3 is 2.67 bits per heavy atom. The van der Waals surface area contributed by atoms with Gasteiger partial charge in [0, 0.05) is 7.05 Å². The predicted octanol–water partition coefficient (Wildman–Crippen LogP) is 1.32. The fraction of sp³-hybridized carbons (Fsp3) is 0.579. The number of aliphatic hydroxyl groups is 1. The summed E-state index contributed by atoms with van der Waals surface area (Å²) in [7, 11) is 3.03. The van der Waals surface area contributed by atoms with Crippen LogP contribution < -0.4 is 16.3 Å². The molecule has 0 spiro atoms. The molecule has 150 valence electrons. The lowest BCUT2D eigenvalue weighted by molar-refractivity contribution is -0.146. The van der Waals surface area contributed by atoms with Crippen molar-refractivity contribution in [1.29, 1.82) is 0 Å². The lowest BCUT2D eigenvalue weighted by Gasteiger charge is -2.22. The van der Waals surface area contributed by atoms with E-state index in [9.17, 15) is 9.90 Å². The van der Waals surface area contributed by atoms with Crippen LogP contribution in [0.2, 0.25) is 0 Å². The van der Waals surface area contributed by atoms with Crippen LogP contribution >= 0.6 is 0 Å². The largest absolute Gasteiger partial charge is 0.489 e. The second kappa shape index (κ2) is 9.57. The van der Waals surface area contributed by atoms with E-state index in [1.807, 2.05) is 13.0 Å². The van der Waals surface area contributed by atoms with Crippen molar-refractivity contribution in [3.8, 4) is 5.75 Å². The Bertz CT molecular complexity index is 690. The Morgan fingerprint density at radius 1 is 1.37 bits per heavy atom. The van der Waals surface area contributed by atoms with Crippen LogP contribution in [0.25, 0.3) is 5.70 Å². The van der Waals surface area contributed by atoms with Gasteiger partial charge in [-0.05, 0) is 44.7 Å². The maximum atomic E-state index is 11.9. The molecule has 1 aromatic rings. The minimum absolute atomic E-state index is 0.0565. The molecule has 0 aliphatic heterocycles. The number of methoxy groups -OCH3 is 1. The van der Waals surface area contributed by atoms with Crippen LogP contribution in [0.1, 0.15) is 43.5 Å². The van der Waals surface area contributed by atoms with E-state index >= 15 is 0 Å². The molecule has 8 heteroatoms. The normalized spacial score (nSPS) is 21.1. The first kappa shape index (κ1) is 21.0. The summed E-state index contributed by atoms with van der Waals surface area (Å²) in [5.41, 5.74) is 8.00. The maximum absolute atomic E-state index is 11.9. The molecule has 8 nitrogen and oxygen atoms in total. The molecule has 5 N–H and O–H groups in total. The number of aromatic nitrogens is 1. The molecule has 0 aromatic carbocycles. The summed E-state index contributed by atoms with van der Waals surface area (Å²) in [6.45, 7) is 1.56. The average molecular weight is 378 g/mol. The summed E-state index contributed by atoms with van der Waals surface area (Å²) in [6, 6.07) is 3.55. The number of nitrogens with zero attached hydrogens (tertiary/aromatic N) is 2. The number of aliphatic hydroxyl groups excluding tert-OH is 1. The Hall–Kier alpha value is -2.32. The summed E-state index contributed by atoms with van der Waals surface area (Å²) in [4.78, 5) is 16.4. The SMILES string of the molecule is COC(=O)C1CCCCC(Oc2ccc(/C(N)=C(\CO)N(C)N)nc2C)C1. The lowest BCUT2D eigenvalue weighted by Crippen LogP contribution is -2.29. The third kappa shape index (κ3) is 5.33. The number of likely N-dealkylation sites (N-methyl/N-ethyl adjacent to an activating group) is 1. The minimum Gasteiger partial charge on any atom is -0.489 e. The van der Waals surface area contributed by atoms with Crippen LogP contribution in [-0.4, -0.2) is 47.9 Å². The molecule has 2 atom stereocenters. The molecule has 1 saturated carbocycles. The molecule has 0 amide bonds. The van der Waals surface area contributed by atoms with Gasteiger partial charge in [0.05, 0.1) is 48.5 Å². The topological polar surface area (TPSA) is 124 Å². The van der Waals surface area contributed by atoms with Gasteiger partial charge in [0.2, 0.25) is 0 Å². The molecular weight excluding hydrogens is 348 g/mol. The number of rotatable bonds is 6. The number of nitrogens with two attached hydrogens (primary N) is 2. The molecule has 0 bridgehead atoms. The number of carbonyl (C=O) groups is 1. The highest BCUT2D eigenvalue weighted by molar-refractivity contribution is 5.72. The van der Waals surface area contributed by atoms with Gasteiger partial charge in [-0.3, -0.25) is 4.79 Å². The number of carbonyl (C=O) groups excluding carboxylic acids is 1. The molecule has 0 radical (unpaired) electrons. The molecule has 27 heavy (non-hydrogen) atoms. The Labute approximate surface area is 160 Å². The van der Waals surface area contributed by atoms with Gasteiger partial charge in [-0.2, -0.15) is 0 Å². The fourth-order valence-electron chi connectivity index (χ4n) is 3.34. The predicted molar refractivity (Wildman–Crippen MR) is 102 cm³/mol. The quantitative estimate of drug-likeness (QED) is 0.293. The minimum atomic E-state index is -0.283. The summed E-state index contributed by atoms with van der Waals surface area (Å²) >= 11 is 0. The van der Waals surface area contributed by atoms with Gasteiger partial charge < -0.3 is 25.3 Å². The van der Waals surface area contributed by atoms with Crippen LogP contribution in [0, 0.1) is 12.8 Å². The molecular formula is C19H30N4O4. The van der Waals surface area contributed by atoms with Gasteiger partial charge in [0.25, 0.3) is 0 Å². The van der Waals surface area contributed by atoms with Gasteiger partial charge in [0.1, 0.15) is 5.75 Å². The van der Waals surface area contributed by atoms with Crippen LogP contribution in [0.15, 0.2) is 17.8 Å². The number of pyridine rings is 1.